The lowest BCUT2D eigenvalue weighted by atomic mass is 10.0. The summed E-state index contributed by atoms with van der Waals surface area (Å²) in [5.74, 6) is 0.473. The highest BCUT2D eigenvalue weighted by Crippen LogP contribution is 2.40. The fourth-order valence-corrected chi connectivity index (χ4v) is 2.34. The number of nitro benzene ring substituents is 1. The van der Waals surface area contributed by atoms with Crippen LogP contribution in [0.4, 0.5) is 5.69 Å². The Labute approximate surface area is 135 Å². The second kappa shape index (κ2) is 7.60. The average Bonchev–Trinajstić information content (AvgIpc) is 2.53. The molecule has 0 saturated heterocycles. The topological polar surface area (TPSA) is 87.6 Å². The molecular formula is C17H20N2O4. The zero-order valence-electron chi connectivity index (χ0n) is 13.2. The number of ether oxygens (including phenoxy) is 2. The molecule has 2 rings (SSSR count). The van der Waals surface area contributed by atoms with E-state index in [2.05, 4.69) is 0 Å². The molecule has 6 heteroatoms. The van der Waals surface area contributed by atoms with Gasteiger partial charge in [0, 0.05) is 11.6 Å². The SMILES string of the molecule is COc1ccc(CC(C)N)c([N+](=O)[O-])c1OCc1ccccc1. The molecule has 122 valence electrons. The van der Waals surface area contributed by atoms with Gasteiger partial charge >= 0.3 is 5.69 Å². The summed E-state index contributed by atoms with van der Waals surface area (Å²) in [6.45, 7) is 2.03. The highest BCUT2D eigenvalue weighted by molar-refractivity contribution is 5.60. The summed E-state index contributed by atoms with van der Waals surface area (Å²) >= 11 is 0. The number of hydrogen-bond donors (Lipinski definition) is 1. The van der Waals surface area contributed by atoms with Crippen LogP contribution in [-0.2, 0) is 13.0 Å². The fraction of sp³-hybridized carbons (Fsp3) is 0.294. The third kappa shape index (κ3) is 4.20. The lowest BCUT2D eigenvalue weighted by molar-refractivity contribution is -0.386. The Hall–Kier alpha value is -2.60. The van der Waals surface area contributed by atoms with E-state index >= 15 is 0 Å². The second-order valence-corrected chi connectivity index (χ2v) is 5.32. The summed E-state index contributed by atoms with van der Waals surface area (Å²) < 4.78 is 10.9. The quantitative estimate of drug-likeness (QED) is 0.626. The molecule has 23 heavy (non-hydrogen) atoms. The predicted octanol–water partition coefficient (Wildman–Crippen LogP) is 3.07. The number of nitrogens with two attached hydrogens (primary N) is 1. The smallest absolute Gasteiger partial charge is 0.318 e. The highest BCUT2D eigenvalue weighted by Gasteiger charge is 2.26. The molecule has 6 nitrogen and oxygen atoms in total. The Bertz CT molecular complexity index is 672. The number of rotatable bonds is 7. The standard InChI is InChI=1S/C17H20N2O4/c1-12(18)10-14-8-9-15(22-2)17(16(14)19(20)21)23-11-13-6-4-3-5-7-13/h3-9,12H,10-11,18H2,1-2H3. The second-order valence-electron chi connectivity index (χ2n) is 5.32. The summed E-state index contributed by atoms with van der Waals surface area (Å²) in [5, 5.41) is 11.5. The van der Waals surface area contributed by atoms with Crippen LogP contribution in [0, 0.1) is 10.1 Å². The van der Waals surface area contributed by atoms with Crippen LogP contribution in [0.1, 0.15) is 18.1 Å². The van der Waals surface area contributed by atoms with Crippen LogP contribution < -0.4 is 15.2 Å². The molecule has 0 aliphatic heterocycles. The van der Waals surface area contributed by atoms with Crippen molar-refractivity contribution < 1.29 is 14.4 Å². The maximum Gasteiger partial charge on any atom is 0.318 e. The van der Waals surface area contributed by atoms with E-state index in [1.54, 1.807) is 19.1 Å². The molecule has 1 unspecified atom stereocenters. The van der Waals surface area contributed by atoms with Gasteiger partial charge in [0.2, 0.25) is 5.75 Å². The van der Waals surface area contributed by atoms with Crippen molar-refractivity contribution in [1.29, 1.82) is 0 Å². The Balaban J connectivity index is 2.39. The van der Waals surface area contributed by atoms with Crippen molar-refractivity contribution in [2.45, 2.75) is 26.0 Å². The van der Waals surface area contributed by atoms with E-state index in [9.17, 15) is 10.1 Å². The summed E-state index contributed by atoms with van der Waals surface area (Å²) in [6.07, 6.45) is 0.391. The molecule has 0 radical (unpaired) electrons. The van der Waals surface area contributed by atoms with E-state index in [-0.39, 0.29) is 24.1 Å². The van der Waals surface area contributed by atoms with Gasteiger partial charge in [-0.2, -0.15) is 0 Å². The zero-order chi connectivity index (χ0) is 16.8. The van der Waals surface area contributed by atoms with Crippen LogP contribution in [-0.4, -0.2) is 18.1 Å². The molecule has 0 aliphatic carbocycles. The van der Waals surface area contributed by atoms with Gasteiger partial charge in [0.1, 0.15) is 6.61 Å². The molecule has 0 bridgehead atoms. The molecule has 1 atom stereocenters. The van der Waals surface area contributed by atoms with E-state index in [1.807, 2.05) is 30.3 Å². The van der Waals surface area contributed by atoms with Crippen LogP contribution in [0.15, 0.2) is 42.5 Å². The largest absolute Gasteiger partial charge is 0.493 e. The van der Waals surface area contributed by atoms with Gasteiger partial charge in [0.15, 0.2) is 5.75 Å². The summed E-state index contributed by atoms with van der Waals surface area (Å²) in [7, 11) is 1.46. The van der Waals surface area contributed by atoms with Gasteiger partial charge in [0.25, 0.3) is 0 Å². The first-order valence-electron chi connectivity index (χ1n) is 7.29. The maximum absolute atomic E-state index is 11.5. The fourth-order valence-electron chi connectivity index (χ4n) is 2.34. The molecule has 2 aromatic carbocycles. The van der Waals surface area contributed by atoms with Crippen molar-refractivity contribution in [3.8, 4) is 11.5 Å². The first kappa shape index (κ1) is 16.8. The molecule has 2 aromatic rings. The van der Waals surface area contributed by atoms with Crippen molar-refractivity contribution in [2.24, 2.45) is 5.73 Å². The van der Waals surface area contributed by atoms with Crippen molar-refractivity contribution in [3.63, 3.8) is 0 Å². The minimum Gasteiger partial charge on any atom is -0.493 e. The Morgan fingerprint density at radius 1 is 1.22 bits per heavy atom. The van der Waals surface area contributed by atoms with Crippen LogP contribution in [0.2, 0.25) is 0 Å². The molecule has 0 aliphatic rings. The van der Waals surface area contributed by atoms with E-state index < -0.39 is 4.92 Å². The molecule has 0 spiro atoms. The van der Waals surface area contributed by atoms with E-state index in [0.717, 1.165) is 5.56 Å². The van der Waals surface area contributed by atoms with Gasteiger partial charge in [-0.3, -0.25) is 10.1 Å². The van der Waals surface area contributed by atoms with Gasteiger partial charge in [-0.05, 0) is 31.0 Å². The number of hydrogen-bond acceptors (Lipinski definition) is 5. The lowest BCUT2D eigenvalue weighted by Crippen LogP contribution is -2.18. The molecule has 0 aromatic heterocycles. The third-order valence-corrected chi connectivity index (χ3v) is 3.35. The third-order valence-electron chi connectivity index (χ3n) is 3.35. The minimum absolute atomic E-state index is 0.0856. The maximum atomic E-state index is 11.5. The summed E-state index contributed by atoms with van der Waals surface area (Å²) in [5.41, 5.74) is 7.15. The van der Waals surface area contributed by atoms with E-state index in [4.69, 9.17) is 15.2 Å². The number of nitro groups is 1. The van der Waals surface area contributed by atoms with Crippen molar-refractivity contribution in [3.05, 3.63) is 63.7 Å². The van der Waals surface area contributed by atoms with Gasteiger partial charge in [0.05, 0.1) is 12.0 Å². The van der Waals surface area contributed by atoms with Crippen molar-refractivity contribution in [1.82, 2.24) is 0 Å². The lowest BCUT2D eigenvalue weighted by Gasteiger charge is -2.14. The Morgan fingerprint density at radius 3 is 2.48 bits per heavy atom. The number of methoxy groups -OCH3 is 1. The average molecular weight is 316 g/mol. The summed E-state index contributed by atoms with van der Waals surface area (Å²) in [6, 6.07) is 12.6. The highest BCUT2D eigenvalue weighted by atomic mass is 16.6. The molecule has 0 amide bonds. The monoisotopic (exact) mass is 316 g/mol. The van der Waals surface area contributed by atoms with Crippen molar-refractivity contribution in [2.75, 3.05) is 7.11 Å². The van der Waals surface area contributed by atoms with Crippen LogP contribution >= 0.6 is 0 Å². The van der Waals surface area contributed by atoms with E-state index in [0.29, 0.717) is 17.7 Å². The van der Waals surface area contributed by atoms with Gasteiger partial charge in [-0.1, -0.05) is 30.3 Å². The predicted molar refractivity (Wildman–Crippen MR) is 87.8 cm³/mol. The Morgan fingerprint density at radius 2 is 1.91 bits per heavy atom. The normalized spacial score (nSPS) is 11.8. The minimum atomic E-state index is -0.444. The van der Waals surface area contributed by atoms with Crippen LogP contribution in [0.3, 0.4) is 0 Å². The first-order chi connectivity index (χ1) is 11.0. The number of nitrogens with zero attached hydrogens (tertiary/aromatic N) is 1. The molecule has 0 fully saturated rings. The van der Waals surface area contributed by atoms with Crippen molar-refractivity contribution >= 4 is 5.69 Å². The molecule has 0 heterocycles. The van der Waals surface area contributed by atoms with Gasteiger partial charge < -0.3 is 15.2 Å². The van der Waals surface area contributed by atoms with Gasteiger partial charge in [-0.15, -0.1) is 0 Å². The van der Waals surface area contributed by atoms with E-state index in [1.165, 1.54) is 7.11 Å². The number of benzene rings is 2. The molecule has 2 N–H and O–H groups in total. The first-order valence-corrected chi connectivity index (χ1v) is 7.29. The summed E-state index contributed by atoms with van der Waals surface area (Å²) in [4.78, 5) is 11.1. The zero-order valence-corrected chi connectivity index (χ0v) is 13.2. The Kier molecular flexibility index (Phi) is 5.54. The molecule has 0 saturated carbocycles. The van der Waals surface area contributed by atoms with Crippen LogP contribution in [0.25, 0.3) is 0 Å². The van der Waals surface area contributed by atoms with Gasteiger partial charge in [-0.25, -0.2) is 0 Å². The van der Waals surface area contributed by atoms with Crippen LogP contribution in [0.5, 0.6) is 11.5 Å². The molecular weight excluding hydrogens is 296 g/mol.